The Labute approximate surface area is 195 Å². The van der Waals surface area contributed by atoms with Gasteiger partial charge in [-0.25, -0.2) is 8.42 Å². The molecule has 0 spiro atoms. The van der Waals surface area contributed by atoms with E-state index in [-0.39, 0.29) is 10.5 Å². The summed E-state index contributed by atoms with van der Waals surface area (Å²) >= 11 is 3.26. The van der Waals surface area contributed by atoms with Crippen LogP contribution in [0.15, 0.2) is 61.5 Å². The van der Waals surface area contributed by atoms with Gasteiger partial charge in [-0.05, 0) is 49.2 Å². The molecular weight excluding hydrogens is 498 g/mol. The highest BCUT2D eigenvalue weighted by Crippen LogP contribution is 2.46. The van der Waals surface area contributed by atoms with Crippen molar-refractivity contribution in [1.82, 2.24) is 4.98 Å². The molecule has 0 amide bonds. The maximum Gasteiger partial charge on any atom is 0.271 e. The summed E-state index contributed by atoms with van der Waals surface area (Å²) in [5.74, 6) is 0.110. The number of nitrogens with one attached hydrogen (secondary N) is 1. The second-order valence-electron chi connectivity index (χ2n) is 7.08. The van der Waals surface area contributed by atoms with Crippen LogP contribution in [0, 0.1) is 0 Å². The summed E-state index contributed by atoms with van der Waals surface area (Å²) in [5, 5.41) is 11.3. The number of ether oxygens (including phenoxy) is 2. The fraction of sp³-hybridized carbons (Fsp3) is 0.261. The highest BCUT2D eigenvalue weighted by Gasteiger charge is 2.31. The number of hydrogen-bond acceptors (Lipinski definition) is 6. The van der Waals surface area contributed by atoms with E-state index in [1.165, 1.54) is 26.4 Å². The summed E-state index contributed by atoms with van der Waals surface area (Å²) in [5.41, 5.74) is 0.0636. The molecule has 1 heterocycles. The average molecular weight is 522 g/mol. The molecule has 7 nitrogen and oxygen atoms in total. The molecule has 0 bridgehead atoms. The molecule has 2 N–H and O–H groups in total. The molecule has 3 aromatic rings. The van der Waals surface area contributed by atoms with E-state index in [9.17, 15) is 18.3 Å². The maximum absolute atomic E-state index is 13.3. The van der Waals surface area contributed by atoms with Crippen LogP contribution >= 0.6 is 15.9 Å². The van der Waals surface area contributed by atoms with Gasteiger partial charge in [-0.3, -0.25) is 4.79 Å². The molecule has 0 saturated carbocycles. The predicted octanol–water partition coefficient (Wildman–Crippen LogP) is 4.70. The van der Waals surface area contributed by atoms with Crippen molar-refractivity contribution in [3.63, 3.8) is 0 Å². The zero-order chi connectivity index (χ0) is 23.5. The van der Waals surface area contributed by atoms with Gasteiger partial charge < -0.3 is 19.6 Å². The highest BCUT2D eigenvalue weighted by atomic mass is 79.9. The molecule has 0 aliphatic heterocycles. The number of aromatic hydroxyl groups is 1. The van der Waals surface area contributed by atoms with E-state index in [1.807, 2.05) is 6.92 Å². The van der Waals surface area contributed by atoms with Crippen molar-refractivity contribution in [2.24, 2.45) is 0 Å². The van der Waals surface area contributed by atoms with Crippen LogP contribution in [0.25, 0.3) is 11.1 Å². The summed E-state index contributed by atoms with van der Waals surface area (Å²) in [6, 6.07) is 10.9. The molecule has 1 aromatic heterocycles. The Morgan fingerprint density at radius 1 is 1.00 bits per heavy atom. The van der Waals surface area contributed by atoms with Crippen LogP contribution in [-0.4, -0.2) is 32.7 Å². The molecule has 0 saturated heterocycles. The molecule has 2 aromatic carbocycles. The van der Waals surface area contributed by atoms with Gasteiger partial charge in [0.25, 0.3) is 5.56 Å². The van der Waals surface area contributed by atoms with Gasteiger partial charge in [0, 0.05) is 10.2 Å². The monoisotopic (exact) mass is 521 g/mol. The van der Waals surface area contributed by atoms with Gasteiger partial charge in [-0.2, -0.15) is 0 Å². The Hall–Kier alpha value is -2.78. The Bertz CT molecular complexity index is 1260. The first kappa shape index (κ1) is 23.9. The fourth-order valence-electron chi connectivity index (χ4n) is 3.51. The van der Waals surface area contributed by atoms with Crippen LogP contribution in [0.4, 0.5) is 0 Å². The summed E-state index contributed by atoms with van der Waals surface area (Å²) in [6.45, 7) is 1.99. The first-order valence-corrected chi connectivity index (χ1v) is 12.2. The standard InChI is InChI=1S/C23H24BrNO6S/c1-4-5-7-16-19(20-17(30-2)8-6-9-18(20)31-3)21(26)22(23(27)25-16)32(28,29)15-12-10-14(24)11-13-15/h6,8-13H,4-5,7H2,1-3H3,(H2,25,26,27). The van der Waals surface area contributed by atoms with Crippen molar-refractivity contribution in [3.8, 4) is 28.4 Å². The Kier molecular flexibility index (Phi) is 7.30. The lowest BCUT2D eigenvalue weighted by atomic mass is 9.98. The number of hydrogen-bond donors (Lipinski definition) is 2. The third-order valence-electron chi connectivity index (χ3n) is 5.08. The summed E-state index contributed by atoms with van der Waals surface area (Å²) in [7, 11) is -1.39. The normalized spacial score (nSPS) is 11.4. The molecule has 3 rings (SSSR count). The quantitative estimate of drug-likeness (QED) is 0.444. The van der Waals surface area contributed by atoms with Crippen LogP contribution in [-0.2, 0) is 16.3 Å². The van der Waals surface area contributed by atoms with Gasteiger partial charge in [0.15, 0.2) is 4.90 Å². The van der Waals surface area contributed by atoms with Gasteiger partial charge in [0.2, 0.25) is 9.84 Å². The van der Waals surface area contributed by atoms with Crippen molar-refractivity contribution >= 4 is 25.8 Å². The molecule has 0 atom stereocenters. The maximum atomic E-state index is 13.3. The molecule has 32 heavy (non-hydrogen) atoms. The molecule has 0 unspecified atom stereocenters. The Morgan fingerprint density at radius 2 is 1.59 bits per heavy atom. The van der Waals surface area contributed by atoms with Gasteiger partial charge in [-0.1, -0.05) is 35.3 Å². The lowest BCUT2D eigenvalue weighted by Gasteiger charge is -2.19. The minimum atomic E-state index is -4.32. The number of benzene rings is 2. The molecule has 0 radical (unpaired) electrons. The Balaban J connectivity index is 2.40. The number of pyridine rings is 1. The zero-order valence-corrected chi connectivity index (χ0v) is 20.3. The topological polar surface area (TPSA) is 106 Å². The Morgan fingerprint density at radius 3 is 2.12 bits per heavy atom. The lowest BCUT2D eigenvalue weighted by Crippen LogP contribution is -2.21. The van der Waals surface area contributed by atoms with Gasteiger partial charge in [0.1, 0.15) is 17.2 Å². The van der Waals surface area contributed by atoms with Crippen molar-refractivity contribution in [2.45, 2.75) is 36.0 Å². The summed E-state index contributed by atoms with van der Waals surface area (Å²) in [4.78, 5) is 14.8. The summed E-state index contributed by atoms with van der Waals surface area (Å²) < 4.78 is 38.3. The van der Waals surface area contributed by atoms with E-state index < -0.39 is 26.0 Å². The number of sulfone groups is 1. The zero-order valence-electron chi connectivity index (χ0n) is 17.9. The second kappa shape index (κ2) is 9.79. The first-order valence-electron chi connectivity index (χ1n) is 9.96. The van der Waals surface area contributed by atoms with E-state index in [0.29, 0.717) is 33.6 Å². The van der Waals surface area contributed by atoms with E-state index in [1.54, 1.807) is 30.3 Å². The number of methoxy groups -OCH3 is 2. The van der Waals surface area contributed by atoms with Crippen LogP contribution in [0.5, 0.6) is 17.2 Å². The van der Waals surface area contributed by atoms with Crippen LogP contribution in [0.1, 0.15) is 25.5 Å². The van der Waals surface area contributed by atoms with Crippen molar-refractivity contribution in [2.75, 3.05) is 14.2 Å². The minimum Gasteiger partial charge on any atom is -0.506 e. The highest BCUT2D eigenvalue weighted by molar-refractivity contribution is 9.10. The van der Waals surface area contributed by atoms with Crippen LogP contribution in [0.3, 0.4) is 0 Å². The van der Waals surface area contributed by atoms with Gasteiger partial charge in [0.05, 0.1) is 30.2 Å². The smallest absolute Gasteiger partial charge is 0.271 e. The first-order chi connectivity index (χ1) is 15.3. The van der Waals surface area contributed by atoms with Crippen molar-refractivity contribution < 1.29 is 23.0 Å². The minimum absolute atomic E-state index is 0.110. The molecule has 0 fully saturated rings. The number of rotatable bonds is 8. The number of unbranched alkanes of at least 4 members (excludes halogenated alkanes) is 1. The van der Waals surface area contributed by atoms with E-state index in [0.717, 1.165) is 12.8 Å². The molecule has 9 heteroatoms. The number of halogens is 1. The average Bonchev–Trinajstić information content (AvgIpc) is 2.77. The third-order valence-corrected chi connectivity index (χ3v) is 7.41. The van der Waals surface area contributed by atoms with E-state index >= 15 is 0 Å². The number of aromatic nitrogens is 1. The SMILES string of the molecule is CCCCc1[nH]c(=O)c(S(=O)(=O)c2ccc(Br)cc2)c(O)c1-c1c(OC)cccc1OC. The molecule has 0 aliphatic rings. The summed E-state index contributed by atoms with van der Waals surface area (Å²) in [6.07, 6.45) is 1.98. The van der Waals surface area contributed by atoms with Crippen LogP contribution in [0.2, 0.25) is 0 Å². The number of aromatic amines is 1. The van der Waals surface area contributed by atoms with Crippen molar-refractivity contribution in [3.05, 3.63) is 63.0 Å². The fourth-order valence-corrected chi connectivity index (χ4v) is 5.16. The molecular formula is C23H24BrNO6S. The third kappa shape index (κ3) is 4.40. The lowest BCUT2D eigenvalue weighted by molar-refractivity contribution is 0.395. The number of H-pyrrole nitrogens is 1. The predicted molar refractivity (Wildman–Crippen MR) is 125 cm³/mol. The van der Waals surface area contributed by atoms with E-state index in [2.05, 4.69) is 20.9 Å². The largest absolute Gasteiger partial charge is 0.506 e. The van der Waals surface area contributed by atoms with Crippen molar-refractivity contribution in [1.29, 1.82) is 0 Å². The number of aryl methyl sites for hydroxylation is 1. The van der Waals surface area contributed by atoms with Crippen LogP contribution < -0.4 is 15.0 Å². The molecule has 0 aliphatic carbocycles. The van der Waals surface area contributed by atoms with Gasteiger partial charge >= 0.3 is 0 Å². The molecule has 170 valence electrons. The second-order valence-corrected chi connectivity index (χ2v) is 9.89. The van der Waals surface area contributed by atoms with Gasteiger partial charge in [-0.15, -0.1) is 0 Å². The van der Waals surface area contributed by atoms with E-state index in [4.69, 9.17) is 9.47 Å².